The van der Waals surface area contributed by atoms with Crippen molar-refractivity contribution in [2.45, 2.75) is 51.4 Å². The maximum Gasteiger partial charge on any atom is 0.413 e. The molecule has 2 aromatic carbocycles. The van der Waals surface area contributed by atoms with Crippen LogP contribution in [0, 0.1) is 28.1 Å². The SMILES string of the molecule is Cn1c(=O)ccc2c([C@H](Nc3cc(C#N)c4ncc(C#N)c(NCC(C)(C)C)c4c3)C3=CN(C4(C(F)(F)F)CC4)NN3)cccc21. The van der Waals surface area contributed by atoms with E-state index in [0.717, 1.165) is 5.01 Å². The summed E-state index contributed by atoms with van der Waals surface area (Å²) in [5, 5.41) is 29.1. The third-order valence-electron chi connectivity index (χ3n) is 8.44. The van der Waals surface area contributed by atoms with E-state index in [0.29, 0.717) is 56.5 Å². The molecule has 0 spiro atoms. The van der Waals surface area contributed by atoms with Gasteiger partial charge in [-0.3, -0.25) is 14.8 Å². The normalized spacial score (nSPS) is 16.4. The van der Waals surface area contributed by atoms with Gasteiger partial charge in [0, 0.05) is 48.5 Å². The number of hydrazine groups is 2. The molecule has 0 amide bonds. The molecule has 13 heteroatoms. The highest BCUT2D eigenvalue weighted by molar-refractivity contribution is 5.99. The average molecular weight is 628 g/mol. The third-order valence-corrected chi connectivity index (χ3v) is 8.44. The molecule has 2 aromatic heterocycles. The molecule has 6 rings (SSSR count). The maximum atomic E-state index is 14.1. The van der Waals surface area contributed by atoms with Gasteiger partial charge in [-0.15, -0.1) is 5.53 Å². The first-order valence-electron chi connectivity index (χ1n) is 14.7. The van der Waals surface area contributed by atoms with Crippen LogP contribution < -0.4 is 27.2 Å². The fourth-order valence-corrected chi connectivity index (χ4v) is 5.76. The molecular weight excluding hydrogens is 595 g/mol. The first-order valence-corrected chi connectivity index (χ1v) is 14.7. The van der Waals surface area contributed by atoms with Gasteiger partial charge in [0.05, 0.1) is 39.6 Å². The Morgan fingerprint density at radius 3 is 2.46 bits per heavy atom. The van der Waals surface area contributed by atoms with E-state index in [-0.39, 0.29) is 29.4 Å². The topological polar surface area (TPSA) is 134 Å². The van der Waals surface area contributed by atoms with Crippen LogP contribution in [0.2, 0.25) is 0 Å². The molecule has 0 saturated heterocycles. The van der Waals surface area contributed by atoms with E-state index in [9.17, 15) is 28.5 Å². The van der Waals surface area contributed by atoms with Crippen molar-refractivity contribution in [3.8, 4) is 12.1 Å². The molecule has 1 saturated carbocycles. The second-order valence-electron chi connectivity index (χ2n) is 12.9. The number of alkyl halides is 3. The van der Waals surface area contributed by atoms with Crippen molar-refractivity contribution in [3.63, 3.8) is 0 Å². The molecule has 1 aliphatic carbocycles. The molecule has 1 aliphatic heterocycles. The minimum Gasteiger partial charge on any atom is -0.383 e. The molecule has 3 heterocycles. The fourth-order valence-electron chi connectivity index (χ4n) is 5.76. The summed E-state index contributed by atoms with van der Waals surface area (Å²) in [6, 6.07) is 15.6. The number of anilines is 2. The summed E-state index contributed by atoms with van der Waals surface area (Å²) in [7, 11) is 1.65. The van der Waals surface area contributed by atoms with Crippen LogP contribution in [0.25, 0.3) is 21.8 Å². The minimum absolute atomic E-state index is 0.0434. The number of benzene rings is 2. The lowest BCUT2D eigenvalue weighted by Crippen LogP contribution is -2.52. The quantitative estimate of drug-likeness (QED) is 0.204. The van der Waals surface area contributed by atoms with Crippen molar-refractivity contribution < 1.29 is 13.2 Å². The zero-order valence-electron chi connectivity index (χ0n) is 25.7. The number of halogens is 3. The van der Waals surface area contributed by atoms with Crippen LogP contribution in [0.3, 0.4) is 0 Å². The zero-order valence-corrected chi connectivity index (χ0v) is 25.7. The van der Waals surface area contributed by atoms with Crippen molar-refractivity contribution in [1.82, 2.24) is 25.5 Å². The van der Waals surface area contributed by atoms with Crippen molar-refractivity contribution in [2.75, 3.05) is 17.2 Å². The standard InChI is InChI=1S/C33H32F3N9O/c1-31(2,3)18-40-29-20(15-38)16-39-28-19(14-37)12-21(13-24(28)29)41-30(23-6-5-7-26-22(23)8-9-27(46)44(26)4)25-17-45(43-42-25)32(10-11-32)33(34,35)36/h5-9,12-13,16-17,30,41-43H,10-11,18H2,1-4H3,(H,39,40)/t30-/m0/s1. The van der Waals surface area contributed by atoms with Crippen LogP contribution in [0.5, 0.6) is 0 Å². The predicted molar refractivity (Wildman–Crippen MR) is 169 cm³/mol. The summed E-state index contributed by atoms with van der Waals surface area (Å²) in [5.41, 5.74) is 7.00. The average Bonchev–Trinajstić information content (AvgIpc) is 3.70. The number of hydrogen-bond acceptors (Lipinski definition) is 9. The molecule has 0 bridgehead atoms. The maximum absolute atomic E-state index is 14.1. The van der Waals surface area contributed by atoms with Crippen LogP contribution in [-0.4, -0.2) is 32.8 Å². The molecule has 2 aliphatic rings. The number of nitriles is 2. The van der Waals surface area contributed by atoms with Crippen molar-refractivity contribution in [2.24, 2.45) is 12.5 Å². The van der Waals surface area contributed by atoms with Crippen LogP contribution in [0.1, 0.15) is 56.3 Å². The Morgan fingerprint density at radius 2 is 1.80 bits per heavy atom. The lowest BCUT2D eigenvalue weighted by atomic mass is 9.96. The van der Waals surface area contributed by atoms with Crippen molar-refractivity contribution in [1.29, 1.82) is 10.5 Å². The Balaban J connectivity index is 1.52. The van der Waals surface area contributed by atoms with Gasteiger partial charge in [0.2, 0.25) is 0 Å². The molecule has 1 atom stereocenters. The summed E-state index contributed by atoms with van der Waals surface area (Å²) >= 11 is 0. The molecule has 4 N–H and O–H groups in total. The molecule has 236 valence electrons. The fraction of sp³-hybridized carbons (Fsp3) is 0.333. The lowest BCUT2D eigenvalue weighted by molar-refractivity contribution is -0.195. The molecular formula is C33H32F3N9O. The smallest absolute Gasteiger partial charge is 0.383 e. The van der Waals surface area contributed by atoms with Gasteiger partial charge in [-0.1, -0.05) is 32.9 Å². The molecule has 1 fully saturated rings. The second-order valence-corrected chi connectivity index (χ2v) is 12.9. The van der Waals surface area contributed by atoms with Gasteiger partial charge in [-0.2, -0.15) is 23.7 Å². The number of fused-ring (bicyclic) bond motifs is 2. The number of aromatic nitrogens is 2. The van der Waals surface area contributed by atoms with Crippen LogP contribution in [-0.2, 0) is 7.05 Å². The Labute approximate surface area is 263 Å². The van der Waals surface area contributed by atoms with E-state index < -0.39 is 17.8 Å². The van der Waals surface area contributed by atoms with Crippen LogP contribution >= 0.6 is 0 Å². The van der Waals surface area contributed by atoms with Crippen LogP contribution in [0.4, 0.5) is 24.5 Å². The van der Waals surface area contributed by atoms with Crippen molar-refractivity contribution >= 4 is 33.2 Å². The van der Waals surface area contributed by atoms with E-state index in [1.807, 2.05) is 6.07 Å². The predicted octanol–water partition coefficient (Wildman–Crippen LogP) is 5.70. The number of nitrogens with zero attached hydrogens (tertiary/aromatic N) is 5. The summed E-state index contributed by atoms with van der Waals surface area (Å²) < 4.78 is 43.7. The van der Waals surface area contributed by atoms with Crippen LogP contribution in [0.15, 0.2) is 65.4 Å². The minimum atomic E-state index is -4.45. The Hall–Kier alpha value is -5.27. The van der Waals surface area contributed by atoms with E-state index in [2.05, 4.69) is 59.5 Å². The highest BCUT2D eigenvalue weighted by Gasteiger charge is 2.67. The largest absolute Gasteiger partial charge is 0.413 e. The number of hydrogen-bond donors (Lipinski definition) is 4. The number of nitrogens with one attached hydrogen (secondary N) is 4. The Kier molecular flexibility index (Phi) is 7.33. The monoisotopic (exact) mass is 627 g/mol. The first-order chi connectivity index (χ1) is 21.8. The van der Waals surface area contributed by atoms with Gasteiger partial charge in [-0.05, 0) is 48.1 Å². The summed E-state index contributed by atoms with van der Waals surface area (Å²) in [6.45, 7) is 6.70. The van der Waals surface area contributed by atoms with Gasteiger partial charge in [0.25, 0.3) is 5.56 Å². The van der Waals surface area contributed by atoms with Crippen molar-refractivity contribution in [3.05, 3.63) is 87.6 Å². The van der Waals surface area contributed by atoms with E-state index in [1.54, 1.807) is 37.4 Å². The molecule has 0 radical (unpaired) electrons. The zero-order chi connectivity index (χ0) is 33.0. The van der Waals surface area contributed by atoms with Gasteiger partial charge in [0.1, 0.15) is 12.1 Å². The van der Waals surface area contributed by atoms with E-state index in [1.165, 1.54) is 23.0 Å². The van der Waals surface area contributed by atoms with Gasteiger partial charge in [0.15, 0.2) is 5.54 Å². The highest BCUT2D eigenvalue weighted by Crippen LogP contribution is 2.54. The molecule has 10 nitrogen and oxygen atoms in total. The molecule has 4 aromatic rings. The Bertz CT molecular complexity index is 2040. The number of rotatable bonds is 7. The molecule has 46 heavy (non-hydrogen) atoms. The summed E-state index contributed by atoms with van der Waals surface area (Å²) in [5.74, 6) is 0. The Morgan fingerprint density at radius 1 is 1.07 bits per heavy atom. The number of pyridine rings is 2. The summed E-state index contributed by atoms with van der Waals surface area (Å²) in [4.78, 5) is 16.9. The van der Waals surface area contributed by atoms with E-state index in [4.69, 9.17) is 0 Å². The van der Waals surface area contributed by atoms with Gasteiger partial charge < -0.3 is 20.6 Å². The van der Waals surface area contributed by atoms with Gasteiger partial charge in [-0.25, -0.2) is 0 Å². The third kappa shape index (κ3) is 5.33. The summed E-state index contributed by atoms with van der Waals surface area (Å²) in [6.07, 6.45) is -1.68. The second kappa shape index (κ2) is 11.0. The molecule has 0 unspecified atom stereocenters. The highest BCUT2D eigenvalue weighted by atomic mass is 19.4. The first kappa shape index (κ1) is 30.7. The van der Waals surface area contributed by atoms with Gasteiger partial charge >= 0.3 is 6.18 Å². The number of aryl methyl sites for hydroxylation is 1. The van der Waals surface area contributed by atoms with E-state index >= 15 is 0 Å². The lowest BCUT2D eigenvalue weighted by Gasteiger charge is -2.28.